The average Bonchev–Trinajstić information content (AvgIpc) is 3.02. The van der Waals surface area contributed by atoms with Crippen LogP contribution in [0.3, 0.4) is 0 Å². The van der Waals surface area contributed by atoms with Crippen molar-refractivity contribution >= 4 is 11.7 Å². The minimum absolute atomic E-state index is 0.0241. The Morgan fingerprint density at radius 3 is 2.62 bits per heavy atom. The molecular weight excluding hydrogens is 308 g/mol. The number of aromatic nitrogens is 4. The van der Waals surface area contributed by atoms with Gasteiger partial charge in [0.15, 0.2) is 6.10 Å². The van der Waals surface area contributed by atoms with Crippen LogP contribution in [0.5, 0.6) is 0 Å². The van der Waals surface area contributed by atoms with E-state index in [1.54, 1.807) is 24.2 Å². The Kier molecular flexibility index (Phi) is 4.75. The van der Waals surface area contributed by atoms with Gasteiger partial charge in [-0.15, -0.1) is 0 Å². The Balaban J connectivity index is 1.64. The number of rotatable bonds is 4. The molecule has 1 fully saturated rings. The van der Waals surface area contributed by atoms with Gasteiger partial charge in [-0.3, -0.25) is 9.48 Å². The fourth-order valence-electron chi connectivity index (χ4n) is 2.90. The Labute approximate surface area is 141 Å². The largest absolute Gasteiger partial charge is 0.367 e. The van der Waals surface area contributed by atoms with Crippen LogP contribution in [0, 0.1) is 6.92 Å². The minimum atomic E-state index is -0.605. The molecule has 1 aliphatic rings. The van der Waals surface area contributed by atoms with Crippen LogP contribution in [0.25, 0.3) is 0 Å². The average molecular weight is 330 g/mol. The monoisotopic (exact) mass is 330 g/mol. The Morgan fingerprint density at radius 2 is 2.04 bits per heavy atom. The zero-order valence-corrected chi connectivity index (χ0v) is 14.2. The zero-order valence-electron chi connectivity index (χ0n) is 14.2. The van der Waals surface area contributed by atoms with E-state index in [4.69, 9.17) is 4.74 Å². The highest BCUT2D eigenvalue weighted by Gasteiger charge is 2.29. The molecule has 1 amide bonds. The molecular formula is C16H22N6O2. The van der Waals surface area contributed by atoms with Crippen molar-refractivity contribution < 1.29 is 9.53 Å². The Bertz CT molecular complexity index is 708. The molecule has 0 radical (unpaired) electrons. The van der Waals surface area contributed by atoms with Gasteiger partial charge in [0.05, 0.1) is 6.20 Å². The molecule has 3 heterocycles. The van der Waals surface area contributed by atoms with E-state index in [-0.39, 0.29) is 5.91 Å². The molecule has 2 aromatic heterocycles. The predicted molar refractivity (Wildman–Crippen MR) is 88.5 cm³/mol. The van der Waals surface area contributed by atoms with Crippen LogP contribution < -0.4 is 4.90 Å². The molecule has 3 rings (SSSR count). The van der Waals surface area contributed by atoms with Gasteiger partial charge in [-0.2, -0.15) is 5.10 Å². The summed E-state index contributed by atoms with van der Waals surface area (Å²) in [4.78, 5) is 25.3. The molecule has 0 aliphatic carbocycles. The number of hydrogen-bond donors (Lipinski definition) is 0. The number of aryl methyl sites for hydroxylation is 2. The van der Waals surface area contributed by atoms with E-state index in [9.17, 15) is 4.79 Å². The maximum absolute atomic E-state index is 12.8. The van der Waals surface area contributed by atoms with Crippen molar-refractivity contribution in [3.05, 3.63) is 36.0 Å². The second-order valence-electron chi connectivity index (χ2n) is 5.84. The highest BCUT2D eigenvalue weighted by Crippen LogP contribution is 2.21. The van der Waals surface area contributed by atoms with E-state index in [0.717, 1.165) is 30.3 Å². The number of hydrogen-bond acceptors (Lipinski definition) is 6. The highest BCUT2D eigenvalue weighted by atomic mass is 16.5. The van der Waals surface area contributed by atoms with Crippen LogP contribution in [-0.4, -0.2) is 63.8 Å². The molecule has 24 heavy (non-hydrogen) atoms. The third kappa shape index (κ3) is 3.38. The molecule has 0 saturated carbocycles. The molecule has 1 saturated heterocycles. The number of amides is 1. The van der Waals surface area contributed by atoms with Crippen molar-refractivity contribution in [2.45, 2.75) is 13.0 Å². The van der Waals surface area contributed by atoms with Crippen LogP contribution in [-0.2, 0) is 16.6 Å². The van der Waals surface area contributed by atoms with Gasteiger partial charge < -0.3 is 14.5 Å². The third-order valence-electron chi connectivity index (χ3n) is 4.16. The summed E-state index contributed by atoms with van der Waals surface area (Å²) in [5.41, 5.74) is 0.777. The summed E-state index contributed by atoms with van der Waals surface area (Å²) in [6, 6.07) is 1.90. The van der Waals surface area contributed by atoms with Gasteiger partial charge in [0, 0.05) is 58.3 Å². The van der Waals surface area contributed by atoms with E-state index >= 15 is 0 Å². The van der Waals surface area contributed by atoms with Crippen molar-refractivity contribution in [2.75, 3.05) is 38.2 Å². The first kappa shape index (κ1) is 16.4. The lowest BCUT2D eigenvalue weighted by Gasteiger charge is -2.36. The lowest BCUT2D eigenvalue weighted by Crippen LogP contribution is -2.50. The fraction of sp³-hybridized carbons (Fsp3) is 0.500. The molecule has 0 bridgehead atoms. The van der Waals surface area contributed by atoms with Crippen LogP contribution in [0.4, 0.5) is 5.82 Å². The van der Waals surface area contributed by atoms with Gasteiger partial charge in [0.1, 0.15) is 11.6 Å². The number of carbonyl (C=O) groups excluding carboxylic acids is 1. The van der Waals surface area contributed by atoms with Crippen LogP contribution in [0.2, 0.25) is 0 Å². The molecule has 128 valence electrons. The predicted octanol–water partition coefficient (Wildman–Crippen LogP) is 0.555. The molecule has 1 atom stereocenters. The molecule has 1 aliphatic heterocycles. The molecule has 8 heteroatoms. The molecule has 0 aromatic carbocycles. The summed E-state index contributed by atoms with van der Waals surface area (Å²) < 4.78 is 7.08. The van der Waals surface area contributed by atoms with Gasteiger partial charge in [0.2, 0.25) is 0 Å². The number of piperazine rings is 1. The van der Waals surface area contributed by atoms with Gasteiger partial charge in [0.25, 0.3) is 5.91 Å². The van der Waals surface area contributed by atoms with E-state index < -0.39 is 6.10 Å². The second kappa shape index (κ2) is 6.96. The number of nitrogens with zero attached hydrogens (tertiary/aromatic N) is 6. The second-order valence-corrected chi connectivity index (χ2v) is 5.84. The maximum atomic E-state index is 12.8. The van der Waals surface area contributed by atoms with Crippen molar-refractivity contribution in [3.63, 3.8) is 0 Å². The summed E-state index contributed by atoms with van der Waals surface area (Å²) in [6.45, 7) is 4.64. The smallest absolute Gasteiger partial charge is 0.256 e. The summed E-state index contributed by atoms with van der Waals surface area (Å²) in [7, 11) is 3.37. The zero-order chi connectivity index (χ0) is 17.1. The molecule has 8 nitrogen and oxygen atoms in total. The fourth-order valence-corrected chi connectivity index (χ4v) is 2.90. The van der Waals surface area contributed by atoms with Crippen molar-refractivity contribution in [3.8, 4) is 0 Å². The van der Waals surface area contributed by atoms with E-state index in [0.29, 0.717) is 13.1 Å². The quantitative estimate of drug-likeness (QED) is 0.815. The van der Waals surface area contributed by atoms with Gasteiger partial charge >= 0.3 is 0 Å². The molecule has 1 unspecified atom stereocenters. The van der Waals surface area contributed by atoms with Crippen molar-refractivity contribution in [2.24, 2.45) is 7.05 Å². The van der Waals surface area contributed by atoms with Crippen LogP contribution in [0.1, 0.15) is 17.5 Å². The topological polar surface area (TPSA) is 76.4 Å². The molecule has 2 aromatic rings. The maximum Gasteiger partial charge on any atom is 0.256 e. The lowest BCUT2D eigenvalue weighted by atomic mass is 10.1. The normalized spacial score (nSPS) is 16.3. The standard InChI is InChI=1S/C16H22N6O2/c1-12-17-5-4-14(19-12)21-6-8-22(9-7-21)16(23)15(24-3)13-10-18-20(2)11-13/h4-5,10-11,15H,6-9H2,1-3H3. The molecule has 0 spiro atoms. The minimum Gasteiger partial charge on any atom is -0.367 e. The lowest BCUT2D eigenvalue weighted by molar-refractivity contribution is -0.142. The number of ether oxygens (including phenoxy) is 1. The first-order chi connectivity index (χ1) is 11.6. The van der Waals surface area contributed by atoms with Crippen molar-refractivity contribution in [1.29, 1.82) is 0 Å². The van der Waals surface area contributed by atoms with E-state index in [1.807, 2.05) is 31.1 Å². The first-order valence-electron chi connectivity index (χ1n) is 7.93. The van der Waals surface area contributed by atoms with Gasteiger partial charge in [-0.05, 0) is 13.0 Å². The van der Waals surface area contributed by atoms with Gasteiger partial charge in [-0.25, -0.2) is 9.97 Å². The van der Waals surface area contributed by atoms with Crippen LogP contribution in [0.15, 0.2) is 24.7 Å². The number of carbonyl (C=O) groups is 1. The van der Waals surface area contributed by atoms with Crippen molar-refractivity contribution in [1.82, 2.24) is 24.6 Å². The van der Waals surface area contributed by atoms with E-state index in [1.165, 1.54) is 0 Å². The Hall–Kier alpha value is -2.48. The molecule has 0 N–H and O–H groups in total. The first-order valence-corrected chi connectivity index (χ1v) is 7.93. The third-order valence-corrected chi connectivity index (χ3v) is 4.16. The highest BCUT2D eigenvalue weighted by molar-refractivity contribution is 5.82. The van der Waals surface area contributed by atoms with Crippen LogP contribution >= 0.6 is 0 Å². The Morgan fingerprint density at radius 1 is 1.29 bits per heavy atom. The summed E-state index contributed by atoms with van der Waals surface area (Å²) in [6.07, 6.45) is 4.64. The number of anilines is 1. The SMILES string of the molecule is COC(C(=O)N1CCN(c2ccnc(C)n2)CC1)c1cnn(C)c1. The van der Waals surface area contributed by atoms with Gasteiger partial charge in [-0.1, -0.05) is 0 Å². The summed E-state index contributed by atoms with van der Waals surface area (Å²) in [5, 5.41) is 4.12. The summed E-state index contributed by atoms with van der Waals surface area (Å²) in [5.74, 6) is 1.64. The summed E-state index contributed by atoms with van der Waals surface area (Å²) >= 11 is 0. The van der Waals surface area contributed by atoms with E-state index in [2.05, 4.69) is 20.0 Å². The number of methoxy groups -OCH3 is 1.